The highest BCUT2D eigenvalue weighted by Crippen LogP contribution is 2.25. The summed E-state index contributed by atoms with van der Waals surface area (Å²) >= 11 is 0. The van der Waals surface area contributed by atoms with Crippen LogP contribution in [0.3, 0.4) is 0 Å². The van der Waals surface area contributed by atoms with Crippen LogP contribution in [0.15, 0.2) is 64.4 Å². The van der Waals surface area contributed by atoms with E-state index in [4.69, 9.17) is 0 Å². The zero-order valence-electron chi connectivity index (χ0n) is 10.6. The maximum atomic E-state index is 11.9. The minimum atomic E-state index is -0.189. The molecule has 98 valence electrons. The largest absolute Gasteiger partial charge is 0.506 e. The molecule has 0 bridgehead atoms. The summed E-state index contributed by atoms with van der Waals surface area (Å²) in [5.41, 5.74) is 2.30. The van der Waals surface area contributed by atoms with Crippen molar-refractivity contribution in [1.82, 2.24) is 4.98 Å². The van der Waals surface area contributed by atoms with Crippen molar-refractivity contribution >= 4 is 11.9 Å². The summed E-state index contributed by atoms with van der Waals surface area (Å²) in [5, 5.41) is 9.66. The fourth-order valence-electron chi connectivity index (χ4n) is 2.04. The fraction of sp³-hybridized carbons (Fsp3) is 0. The predicted molar refractivity (Wildman–Crippen MR) is 79.0 cm³/mol. The molecule has 4 heteroatoms. The van der Waals surface area contributed by atoms with Crippen molar-refractivity contribution in [3.05, 3.63) is 70.5 Å². The van der Waals surface area contributed by atoms with Gasteiger partial charge in [-0.05, 0) is 18.2 Å². The third-order valence-electron chi connectivity index (χ3n) is 3.04. The van der Waals surface area contributed by atoms with Gasteiger partial charge < -0.3 is 10.1 Å². The maximum Gasteiger partial charge on any atom is 0.257 e. The van der Waals surface area contributed by atoms with E-state index in [2.05, 4.69) is 9.98 Å². The summed E-state index contributed by atoms with van der Waals surface area (Å²) in [5.74, 6) is 0.0848. The molecule has 0 radical (unpaired) electrons. The number of phenolic OH excluding ortho intramolecular Hbond substituents is 1. The van der Waals surface area contributed by atoms with Gasteiger partial charge in [0.05, 0.1) is 5.56 Å². The van der Waals surface area contributed by atoms with Crippen LogP contribution in [0.5, 0.6) is 5.75 Å². The zero-order chi connectivity index (χ0) is 13.9. The highest BCUT2D eigenvalue weighted by atomic mass is 16.3. The summed E-state index contributed by atoms with van der Waals surface area (Å²) in [6.07, 6.45) is 1.48. The summed E-state index contributed by atoms with van der Waals surface area (Å²) in [6.45, 7) is 0. The topological polar surface area (TPSA) is 65.5 Å². The number of aromatic amines is 1. The Hall–Kier alpha value is -2.88. The van der Waals surface area contributed by atoms with E-state index in [1.807, 2.05) is 30.3 Å². The van der Waals surface area contributed by atoms with Crippen molar-refractivity contribution in [2.24, 2.45) is 4.99 Å². The molecule has 2 N–H and O–H groups in total. The van der Waals surface area contributed by atoms with E-state index in [9.17, 15) is 9.90 Å². The van der Waals surface area contributed by atoms with E-state index < -0.39 is 0 Å². The standard InChI is InChI=1S/C16H12N2O2/c19-15-9-5-4-8-14(15)17-10-12-11-6-2-1-3-7-13(11)18-16(12)20/h1-10,19H,(H,18,20). The van der Waals surface area contributed by atoms with Gasteiger partial charge in [0.25, 0.3) is 5.56 Å². The molecule has 0 atom stereocenters. The number of nitrogens with zero attached hydrogens (tertiary/aromatic N) is 1. The van der Waals surface area contributed by atoms with Crippen LogP contribution in [-0.4, -0.2) is 16.3 Å². The molecular formula is C16H12N2O2. The second-order valence-electron chi connectivity index (χ2n) is 4.35. The molecule has 0 spiro atoms. The third kappa shape index (κ3) is 2.19. The van der Waals surface area contributed by atoms with Gasteiger partial charge in [0.15, 0.2) is 0 Å². The SMILES string of the molecule is O=c1[nH]c2cccccc-2c1C=Nc1ccccc1O. The van der Waals surface area contributed by atoms with Crippen LogP contribution in [-0.2, 0) is 0 Å². The number of aliphatic imine (C=N–C) groups is 1. The number of phenols is 1. The van der Waals surface area contributed by atoms with Gasteiger partial charge in [-0.2, -0.15) is 0 Å². The predicted octanol–water partition coefficient (Wildman–Crippen LogP) is 2.94. The molecule has 0 saturated carbocycles. The van der Waals surface area contributed by atoms with Crippen molar-refractivity contribution in [3.63, 3.8) is 0 Å². The van der Waals surface area contributed by atoms with Gasteiger partial charge >= 0.3 is 0 Å². The van der Waals surface area contributed by atoms with Crippen LogP contribution in [0.2, 0.25) is 0 Å². The highest BCUT2D eigenvalue weighted by molar-refractivity contribution is 5.91. The summed E-state index contributed by atoms with van der Waals surface area (Å²) in [7, 11) is 0. The molecule has 0 fully saturated rings. The lowest BCUT2D eigenvalue weighted by Crippen LogP contribution is -2.03. The van der Waals surface area contributed by atoms with E-state index in [0.717, 1.165) is 11.3 Å². The summed E-state index contributed by atoms with van der Waals surface area (Å²) in [6, 6.07) is 16.1. The Morgan fingerprint density at radius 3 is 2.60 bits per heavy atom. The Balaban J connectivity index is 2.07. The first-order valence-corrected chi connectivity index (χ1v) is 6.19. The molecule has 1 heterocycles. The molecule has 4 nitrogen and oxygen atoms in total. The van der Waals surface area contributed by atoms with Gasteiger partial charge in [0.1, 0.15) is 11.4 Å². The minimum Gasteiger partial charge on any atom is -0.506 e. The number of benzene rings is 1. The molecule has 0 amide bonds. The molecule has 0 saturated heterocycles. The molecule has 2 aliphatic rings. The van der Waals surface area contributed by atoms with E-state index in [1.54, 1.807) is 24.3 Å². The van der Waals surface area contributed by atoms with Crippen LogP contribution in [0.1, 0.15) is 5.56 Å². The first kappa shape index (κ1) is 12.2. The minimum absolute atomic E-state index is 0.0848. The molecular weight excluding hydrogens is 252 g/mol. The van der Waals surface area contributed by atoms with E-state index in [0.29, 0.717) is 11.3 Å². The number of fused-ring (bicyclic) bond motifs is 1. The van der Waals surface area contributed by atoms with E-state index in [1.165, 1.54) is 6.21 Å². The number of hydrogen-bond acceptors (Lipinski definition) is 3. The molecule has 20 heavy (non-hydrogen) atoms. The number of hydrogen-bond donors (Lipinski definition) is 2. The Morgan fingerprint density at radius 1 is 1.00 bits per heavy atom. The van der Waals surface area contributed by atoms with Gasteiger partial charge in [0.2, 0.25) is 0 Å². The number of rotatable bonds is 2. The Kier molecular flexibility index (Phi) is 3.05. The number of aromatic hydroxyl groups is 1. The molecule has 1 aliphatic carbocycles. The molecule has 0 aromatic heterocycles. The fourth-order valence-corrected chi connectivity index (χ4v) is 2.04. The summed E-state index contributed by atoms with van der Waals surface area (Å²) in [4.78, 5) is 18.9. The van der Waals surface area contributed by atoms with Crippen LogP contribution in [0.4, 0.5) is 5.69 Å². The van der Waals surface area contributed by atoms with Crippen LogP contribution < -0.4 is 5.56 Å². The first-order chi connectivity index (χ1) is 9.75. The molecule has 1 aromatic rings. The lowest BCUT2D eigenvalue weighted by atomic mass is 10.1. The van der Waals surface area contributed by atoms with Gasteiger partial charge in [0, 0.05) is 17.5 Å². The second-order valence-corrected chi connectivity index (χ2v) is 4.35. The number of aromatic nitrogens is 1. The second kappa shape index (κ2) is 5.01. The molecule has 3 rings (SSSR count). The first-order valence-electron chi connectivity index (χ1n) is 6.19. The van der Waals surface area contributed by atoms with Gasteiger partial charge in [-0.1, -0.05) is 36.4 Å². The summed E-state index contributed by atoms with van der Waals surface area (Å²) < 4.78 is 0. The quantitative estimate of drug-likeness (QED) is 0.699. The van der Waals surface area contributed by atoms with Crippen molar-refractivity contribution < 1.29 is 5.11 Å². The van der Waals surface area contributed by atoms with Crippen molar-refractivity contribution in [2.75, 3.05) is 0 Å². The van der Waals surface area contributed by atoms with Gasteiger partial charge in [-0.25, -0.2) is 0 Å². The molecule has 1 aromatic carbocycles. The van der Waals surface area contributed by atoms with Crippen molar-refractivity contribution in [2.45, 2.75) is 0 Å². The zero-order valence-corrected chi connectivity index (χ0v) is 10.6. The normalized spacial score (nSPS) is 11.2. The van der Waals surface area contributed by atoms with Crippen molar-refractivity contribution in [3.8, 4) is 17.0 Å². The average Bonchev–Trinajstić information content (AvgIpc) is 2.62. The Bertz CT molecular complexity index is 806. The smallest absolute Gasteiger partial charge is 0.257 e. The van der Waals surface area contributed by atoms with E-state index in [-0.39, 0.29) is 11.3 Å². The monoisotopic (exact) mass is 264 g/mol. The van der Waals surface area contributed by atoms with Gasteiger partial charge in [-0.3, -0.25) is 9.79 Å². The molecule has 0 unspecified atom stereocenters. The molecule has 1 aliphatic heterocycles. The lowest BCUT2D eigenvalue weighted by Gasteiger charge is -1.96. The number of para-hydroxylation sites is 2. The van der Waals surface area contributed by atoms with Crippen LogP contribution in [0, 0.1) is 0 Å². The number of H-pyrrole nitrogens is 1. The van der Waals surface area contributed by atoms with E-state index >= 15 is 0 Å². The van der Waals surface area contributed by atoms with Crippen molar-refractivity contribution in [1.29, 1.82) is 0 Å². The average molecular weight is 264 g/mol. The Labute approximate surface area is 115 Å². The lowest BCUT2D eigenvalue weighted by molar-refractivity contribution is 0.477. The van der Waals surface area contributed by atoms with Gasteiger partial charge in [-0.15, -0.1) is 0 Å². The van der Waals surface area contributed by atoms with Crippen LogP contribution in [0.25, 0.3) is 11.3 Å². The Morgan fingerprint density at radius 2 is 1.75 bits per heavy atom. The van der Waals surface area contributed by atoms with Crippen LogP contribution >= 0.6 is 0 Å². The highest BCUT2D eigenvalue weighted by Gasteiger charge is 2.11. The third-order valence-corrected chi connectivity index (χ3v) is 3.04. The number of nitrogens with one attached hydrogen (secondary N) is 1. The maximum absolute atomic E-state index is 11.9.